The fourth-order valence-electron chi connectivity index (χ4n) is 6.56. The molecule has 0 N–H and O–H groups in total. The van der Waals surface area contributed by atoms with E-state index in [2.05, 4.69) is 139 Å². The van der Waals surface area contributed by atoms with Crippen LogP contribution in [0.25, 0.3) is 0 Å². The molecule has 0 nitrogen and oxygen atoms in total. The van der Waals surface area contributed by atoms with Crippen molar-refractivity contribution in [3.05, 3.63) is 15.5 Å². The minimum atomic E-state index is -0.944. The Kier molecular flexibility index (Phi) is 20.3. The third-order valence-corrected chi connectivity index (χ3v) is 33.0. The Morgan fingerprint density at radius 1 is 0.294 bits per heavy atom. The first kappa shape index (κ1) is 42.9. The second-order valence-electron chi connectivity index (χ2n) is 16.0. The first-order valence-electron chi connectivity index (χ1n) is 13.7. The molecule has 0 rings (SSSR count). The Labute approximate surface area is 237 Å². The summed E-state index contributed by atoms with van der Waals surface area (Å²) in [6.07, 6.45) is 3.97. The van der Waals surface area contributed by atoms with E-state index in [4.69, 9.17) is 0 Å². The molecule has 7 heteroatoms. The molecule has 0 fully saturated rings. The van der Waals surface area contributed by atoms with Gasteiger partial charge in [0.1, 0.15) is 0 Å². The molecule has 1 radical (unpaired) electrons. The Bertz CT molecular complexity index is 390. The fraction of sp³-hybridized carbons (Fsp3) is 0.889. The minimum absolute atomic E-state index is 0. The van der Waals surface area contributed by atoms with Crippen LogP contribution in [0.5, 0.6) is 0 Å². The molecule has 34 heavy (non-hydrogen) atoms. The average molecular weight is 614 g/mol. The molecule has 0 amide bonds. The standard InChI is InChI=1S/3C9H23Si2.Cr/c3*1-8-9(10(2,3)4)11(5,6)7;/h3*8H2,1-7H3;/q3*-1;+3. The summed E-state index contributed by atoms with van der Waals surface area (Å²) >= 11 is 0. The summed E-state index contributed by atoms with van der Waals surface area (Å²) in [5, 5.41) is 5.81. The van der Waals surface area contributed by atoms with Gasteiger partial charge in [-0.15, -0.1) is 48.4 Å². The predicted molar refractivity (Wildman–Crippen MR) is 181 cm³/mol. The van der Waals surface area contributed by atoms with Gasteiger partial charge in [0, 0.05) is 0 Å². The molecule has 207 valence electrons. The maximum absolute atomic E-state index is 2.48. The second kappa shape index (κ2) is 16.1. The van der Waals surface area contributed by atoms with Gasteiger partial charge in [-0.3, -0.25) is 0 Å². The van der Waals surface area contributed by atoms with Crippen LogP contribution in [0.3, 0.4) is 0 Å². The summed E-state index contributed by atoms with van der Waals surface area (Å²) in [6.45, 7) is 51.5. The molecule has 0 spiro atoms. The summed E-state index contributed by atoms with van der Waals surface area (Å²) in [6, 6.07) is 0. The zero-order valence-electron chi connectivity index (χ0n) is 28.0. The van der Waals surface area contributed by atoms with Gasteiger partial charge >= 0.3 is 17.4 Å². The zero-order chi connectivity index (χ0) is 27.9. The van der Waals surface area contributed by atoms with Crippen LogP contribution in [-0.2, 0) is 17.4 Å². The number of rotatable bonds is 9. The van der Waals surface area contributed by atoms with Gasteiger partial charge in [0.05, 0.1) is 0 Å². The molecule has 0 saturated carbocycles. The van der Waals surface area contributed by atoms with Crippen LogP contribution in [0.4, 0.5) is 0 Å². The first-order chi connectivity index (χ1) is 14.1. The van der Waals surface area contributed by atoms with Gasteiger partial charge in [-0.25, -0.2) is 0 Å². The van der Waals surface area contributed by atoms with Gasteiger partial charge in [-0.2, -0.15) is 19.3 Å². The quantitative estimate of drug-likeness (QED) is 0.179. The summed E-state index contributed by atoms with van der Waals surface area (Å²) in [7, 11) is -5.66. The molecule has 0 saturated heterocycles. The van der Waals surface area contributed by atoms with Gasteiger partial charge in [0.15, 0.2) is 0 Å². The van der Waals surface area contributed by atoms with Crippen LogP contribution in [0.1, 0.15) is 40.0 Å². The van der Waals surface area contributed by atoms with E-state index in [1.165, 1.54) is 19.3 Å². The molecule has 0 aromatic carbocycles. The van der Waals surface area contributed by atoms with E-state index in [0.717, 1.165) is 0 Å². The minimum Gasteiger partial charge on any atom is -0.312 e. The molecule has 0 aliphatic heterocycles. The normalized spacial score (nSPS) is 13.8. The van der Waals surface area contributed by atoms with E-state index < -0.39 is 48.4 Å². The van der Waals surface area contributed by atoms with Crippen LogP contribution in [0.2, 0.25) is 118 Å². The van der Waals surface area contributed by atoms with Crippen LogP contribution in [0, 0.1) is 15.5 Å². The van der Waals surface area contributed by atoms with E-state index in [9.17, 15) is 0 Å². The van der Waals surface area contributed by atoms with Crippen molar-refractivity contribution in [1.82, 2.24) is 0 Å². The van der Waals surface area contributed by atoms with Crippen molar-refractivity contribution in [2.75, 3.05) is 0 Å². The summed E-state index contributed by atoms with van der Waals surface area (Å²) < 4.78 is 0. The Balaban J connectivity index is -0.000000196. The second-order valence-corrected chi connectivity index (χ2v) is 48.1. The third-order valence-electron chi connectivity index (χ3n) is 6.49. The number of hydrogen-bond acceptors (Lipinski definition) is 0. The summed E-state index contributed by atoms with van der Waals surface area (Å²) in [4.78, 5) is 0. The van der Waals surface area contributed by atoms with E-state index >= 15 is 0 Å². The topological polar surface area (TPSA) is 0 Å². The predicted octanol–water partition coefficient (Wildman–Crippen LogP) is 11.2. The number of hydrogen-bond donors (Lipinski definition) is 0. The third kappa shape index (κ3) is 19.0. The maximum Gasteiger partial charge on any atom is 3.00 e. The average Bonchev–Trinajstić information content (AvgIpc) is 2.40. The smallest absolute Gasteiger partial charge is 0.312 e. The first-order valence-corrected chi connectivity index (χ1v) is 34.7. The monoisotopic (exact) mass is 613 g/mol. The van der Waals surface area contributed by atoms with Gasteiger partial charge in [-0.1, -0.05) is 139 Å². The molecule has 0 atom stereocenters. The molecular formula is C27H69CrSi6. The van der Waals surface area contributed by atoms with Gasteiger partial charge in [0.25, 0.3) is 0 Å². The molecule has 0 aliphatic rings. The molecule has 0 aliphatic carbocycles. The van der Waals surface area contributed by atoms with E-state index in [0.29, 0.717) is 0 Å². The van der Waals surface area contributed by atoms with Crippen LogP contribution >= 0.6 is 0 Å². The van der Waals surface area contributed by atoms with Gasteiger partial charge in [-0.05, 0) is 0 Å². The molecular weight excluding hydrogens is 545 g/mol. The van der Waals surface area contributed by atoms with Crippen LogP contribution in [0.15, 0.2) is 0 Å². The molecule has 0 aromatic heterocycles. The van der Waals surface area contributed by atoms with Crippen LogP contribution in [-0.4, -0.2) is 48.4 Å². The summed E-state index contributed by atoms with van der Waals surface area (Å²) in [5.74, 6) is 0. The zero-order valence-corrected chi connectivity index (χ0v) is 35.3. The Hall–Kier alpha value is 1.83. The van der Waals surface area contributed by atoms with Crippen molar-refractivity contribution in [3.63, 3.8) is 0 Å². The molecule has 0 bridgehead atoms. The van der Waals surface area contributed by atoms with Crippen molar-refractivity contribution in [2.24, 2.45) is 0 Å². The van der Waals surface area contributed by atoms with E-state index in [-0.39, 0.29) is 17.4 Å². The summed E-state index contributed by atoms with van der Waals surface area (Å²) in [5.41, 5.74) is 0. The van der Waals surface area contributed by atoms with Crippen LogP contribution < -0.4 is 0 Å². The fourth-order valence-corrected chi connectivity index (χ4v) is 39.9. The largest absolute Gasteiger partial charge is 3.00 e. The van der Waals surface area contributed by atoms with Gasteiger partial charge < -0.3 is 15.5 Å². The molecule has 0 aromatic rings. The van der Waals surface area contributed by atoms with Crippen molar-refractivity contribution in [3.8, 4) is 0 Å². The maximum atomic E-state index is 2.48. The Morgan fingerprint density at radius 2 is 0.382 bits per heavy atom. The molecule has 0 unspecified atom stereocenters. The van der Waals surface area contributed by atoms with Crippen molar-refractivity contribution in [2.45, 2.75) is 158 Å². The van der Waals surface area contributed by atoms with Crippen molar-refractivity contribution in [1.29, 1.82) is 0 Å². The van der Waals surface area contributed by atoms with Gasteiger partial charge in [0.2, 0.25) is 0 Å². The van der Waals surface area contributed by atoms with Crippen molar-refractivity contribution < 1.29 is 17.4 Å². The SMILES string of the molecule is CC[C-]([Si](C)(C)C)[Si](C)(C)C.CC[C-]([Si](C)(C)C)[Si](C)(C)C.CC[C-]([Si](C)(C)C)[Si](C)(C)C.[Cr+3]. The van der Waals surface area contributed by atoms with Crippen molar-refractivity contribution >= 4 is 48.4 Å². The molecule has 0 heterocycles. The van der Waals surface area contributed by atoms with E-state index in [1.54, 1.807) is 0 Å². The Morgan fingerprint density at radius 3 is 0.382 bits per heavy atom. The van der Waals surface area contributed by atoms with E-state index in [1.807, 2.05) is 15.5 Å².